The Bertz CT molecular complexity index is 329. The fraction of sp³-hybridized carbons (Fsp3) is 0.846. The summed E-state index contributed by atoms with van der Waals surface area (Å²) < 4.78 is 5.29. The summed E-state index contributed by atoms with van der Waals surface area (Å²) in [7, 11) is 0. The maximum Gasteiger partial charge on any atom is 0.407 e. The van der Waals surface area contributed by atoms with Gasteiger partial charge in [0.15, 0.2) is 0 Å². The molecule has 2 amide bonds. The van der Waals surface area contributed by atoms with Gasteiger partial charge in [-0.2, -0.15) is 0 Å². The zero-order valence-electron chi connectivity index (χ0n) is 11.2. The molecule has 2 heterocycles. The van der Waals surface area contributed by atoms with Gasteiger partial charge >= 0.3 is 6.09 Å². The highest BCUT2D eigenvalue weighted by molar-refractivity contribution is 5.76. The zero-order chi connectivity index (χ0) is 13.7. The molecular weight excluding hydrogens is 248 g/mol. The average molecular weight is 270 g/mol. The van der Waals surface area contributed by atoms with Gasteiger partial charge in [0.1, 0.15) is 0 Å². The molecule has 0 atom stereocenters. The van der Waals surface area contributed by atoms with Crippen molar-refractivity contribution in [2.45, 2.75) is 25.7 Å². The fourth-order valence-corrected chi connectivity index (χ4v) is 2.68. The Morgan fingerprint density at radius 1 is 1.05 bits per heavy atom. The third-order valence-electron chi connectivity index (χ3n) is 3.92. The van der Waals surface area contributed by atoms with Crippen LogP contribution in [0.2, 0.25) is 0 Å². The van der Waals surface area contributed by atoms with E-state index >= 15 is 0 Å². The number of rotatable bonds is 2. The number of carbonyl (C=O) groups is 2. The lowest BCUT2D eigenvalue weighted by Gasteiger charge is -2.26. The summed E-state index contributed by atoms with van der Waals surface area (Å²) in [6, 6.07) is 0. The first-order chi connectivity index (χ1) is 9.16. The Labute approximate surface area is 113 Å². The van der Waals surface area contributed by atoms with Crippen molar-refractivity contribution in [1.82, 2.24) is 9.80 Å². The second kappa shape index (κ2) is 6.75. The molecule has 2 aliphatic heterocycles. The summed E-state index contributed by atoms with van der Waals surface area (Å²) >= 11 is 0. The highest BCUT2D eigenvalue weighted by Gasteiger charge is 2.24. The second-order valence-corrected chi connectivity index (χ2v) is 5.26. The van der Waals surface area contributed by atoms with Gasteiger partial charge in [-0.25, -0.2) is 4.79 Å². The summed E-state index contributed by atoms with van der Waals surface area (Å²) in [5, 5.41) is 8.96. The minimum Gasteiger partial charge on any atom is -0.465 e. The summed E-state index contributed by atoms with van der Waals surface area (Å²) in [6.45, 7) is 3.65. The molecule has 0 aromatic rings. The molecule has 0 bridgehead atoms. The molecule has 0 radical (unpaired) electrons. The van der Waals surface area contributed by atoms with Gasteiger partial charge in [-0.15, -0.1) is 0 Å². The highest BCUT2D eigenvalue weighted by Crippen LogP contribution is 2.20. The van der Waals surface area contributed by atoms with E-state index in [0.29, 0.717) is 38.5 Å². The zero-order valence-corrected chi connectivity index (χ0v) is 11.2. The summed E-state index contributed by atoms with van der Waals surface area (Å²) in [5.41, 5.74) is 0. The van der Waals surface area contributed by atoms with Gasteiger partial charge < -0.3 is 19.6 Å². The van der Waals surface area contributed by atoms with Gasteiger partial charge in [0.05, 0.1) is 0 Å². The largest absolute Gasteiger partial charge is 0.465 e. The van der Waals surface area contributed by atoms with Gasteiger partial charge in [-0.05, 0) is 25.2 Å². The third kappa shape index (κ3) is 4.09. The normalized spacial score (nSPS) is 22.1. The number of ether oxygens (including phenoxy) is 1. The van der Waals surface area contributed by atoms with Crippen molar-refractivity contribution in [3.8, 4) is 0 Å². The standard InChI is InChI=1S/C13H22N2O4/c16-12(10-11-2-8-19-9-3-11)14-4-1-5-15(7-6-14)13(17)18/h11H,1-10H2,(H,17,18). The molecule has 2 saturated heterocycles. The first kappa shape index (κ1) is 14.1. The summed E-state index contributed by atoms with van der Waals surface area (Å²) in [5.74, 6) is 0.596. The average Bonchev–Trinajstić information content (AvgIpc) is 2.65. The van der Waals surface area contributed by atoms with Crippen molar-refractivity contribution in [3.63, 3.8) is 0 Å². The van der Waals surface area contributed by atoms with Crippen LogP contribution < -0.4 is 0 Å². The second-order valence-electron chi connectivity index (χ2n) is 5.26. The Kier molecular flexibility index (Phi) is 5.01. The molecule has 108 valence electrons. The number of carboxylic acid groups (broad SMARTS) is 1. The van der Waals surface area contributed by atoms with Crippen molar-refractivity contribution in [1.29, 1.82) is 0 Å². The van der Waals surface area contributed by atoms with Gasteiger partial charge in [0.25, 0.3) is 0 Å². The van der Waals surface area contributed by atoms with Gasteiger partial charge in [0.2, 0.25) is 5.91 Å². The third-order valence-corrected chi connectivity index (χ3v) is 3.92. The van der Waals surface area contributed by atoms with E-state index in [1.165, 1.54) is 4.90 Å². The molecule has 0 aromatic carbocycles. The predicted octanol–water partition coefficient (Wildman–Crippen LogP) is 1.02. The van der Waals surface area contributed by atoms with E-state index in [0.717, 1.165) is 32.5 Å². The van der Waals surface area contributed by atoms with Crippen molar-refractivity contribution >= 4 is 12.0 Å². The van der Waals surface area contributed by atoms with E-state index in [9.17, 15) is 9.59 Å². The minimum absolute atomic E-state index is 0.166. The molecule has 0 aromatic heterocycles. The molecule has 0 spiro atoms. The molecule has 2 rings (SSSR count). The molecule has 0 aliphatic carbocycles. The van der Waals surface area contributed by atoms with E-state index in [2.05, 4.69) is 0 Å². The van der Waals surface area contributed by atoms with Crippen LogP contribution in [0.15, 0.2) is 0 Å². The van der Waals surface area contributed by atoms with Crippen LogP contribution >= 0.6 is 0 Å². The van der Waals surface area contributed by atoms with Crippen LogP contribution in [0, 0.1) is 5.92 Å². The van der Waals surface area contributed by atoms with E-state index in [-0.39, 0.29) is 5.91 Å². The molecule has 2 fully saturated rings. The van der Waals surface area contributed by atoms with Crippen LogP contribution in [0.1, 0.15) is 25.7 Å². The molecule has 0 saturated carbocycles. The molecule has 6 heteroatoms. The number of hydrogen-bond donors (Lipinski definition) is 1. The van der Waals surface area contributed by atoms with E-state index in [1.54, 1.807) is 0 Å². The van der Waals surface area contributed by atoms with Crippen molar-refractivity contribution in [2.75, 3.05) is 39.4 Å². The minimum atomic E-state index is -0.890. The maximum atomic E-state index is 12.2. The highest BCUT2D eigenvalue weighted by atomic mass is 16.5. The van der Waals surface area contributed by atoms with Gasteiger partial charge in [0, 0.05) is 45.8 Å². The van der Waals surface area contributed by atoms with Crippen LogP contribution in [0.4, 0.5) is 4.79 Å². The van der Waals surface area contributed by atoms with Crippen molar-refractivity contribution < 1.29 is 19.4 Å². The molecular formula is C13H22N2O4. The molecule has 0 unspecified atom stereocenters. The predicted molar refractivity (Wildman–Crippen MR) is 69.0 cm³/mol. The quantitative estimate of drug-likeness (QED) is 0.813. The smallest absolute Gasteiger partial charge is 0.407 e. The monoisotopic (exact) mass is 270 g/mol. The molecule has 1 N–H and O–H groups in total. The molecule has 2 aliphatic rings. The maximum absolute atomic E-state index is 12.2. The summed E-state index contributed by atoms with van der Waals surface area (Å²) in [4.78, 5) is 26.3. The van der Waals surface area contributed by atoms with Crippen LogP contribution in [0.25, 0.3) is 0 Å². The SMILES string of the molecule is O=C(O)N1CCCN(C(=O)CC2CCOCC2)CC1. The van der Waals surface area contributed by atoms with E-state index < -0.39 is 6.09 Å². The van der Waals surface area contributed by atoms with Crippen LogP contribution in [0.3, 0.4) is 0 Å². The Balaban J connectivity index is 1.80. The number of amides is 2. The van der Waals surface area contributed by atoms with Crippen LogP contribution in [-0.4, -0.2) is 66.3 Å². The number of carbonyl (C=O) groups excluding carboxylic acids is 1. The molecule has 6 nitrogen and oxygen atoms in total. The Morgan fingerprint density at radius 3 is 2.37 bits per heavy atom. The van der Waals surface area contributed by atoms with Crippen LogP contribution in [0.5, 0.6) is 0 Å². The lowest BCUT2D eigenvalue weighted by Crippen LogP contribution is -2.37. The van der Waals surface area contributed by atoms with Gasteiger partial charge in [-0.1, -0.05) is 0 Å². The first-order valence-electron chi connectivity index (χ1n) is 7.00. The van der Waals surface area contributed by atoms with Crippen LogP contribution in [-0.2, 0) is 9.53 Å². The first-order valence-corrected chi connectivity index (χ1v) is 7.00. The number of nitrogens with zero attached hydrogens (tertiary/aromatic N) is 2. The Morgan fingerprint density at radius 2 is 1.68 bits per heavy atom. The van der Waals surface area contributed by atoms with E-state index in [1.807, 2.05) is 4.90 Å². The summed E-state index contributed by atoms with van der Waals surface area (Å²) in [6.07, 6.45) is 2.34. The lowest BCUT2D eigenvalue weighted by molar-refractivity contribution is -0.132. The number of hydrogen-bond acceptors (Lipinski definition) is 3. The van der Waals surface area contributed by atoms with E-state index in [4.69, 9.17) is 9.84 Å². The van der Waals surface area contributed by atoms with Crippen molar-refractivity contribution in [2.24, 2.45) is 5.92 Å². The lowest BCUT2D eigenvalue weighted by atomic mass is 9.96. The molecule has 19 heavy (non-hydrogen) atoms. The Hall–Kier alpha value is -1.30. The van der Waals surface area contributed by atoms with Crippen molar-refractivity contribution in [3.05, 3.63) is 0 Å². The van der Waals surface area contributed by atoms with Gasteiger partial charge in [-0.3, -0.25) is 4.79 Å². The topological polar surface area (TPSA) is 70.1 Å². The fourth-order valence-electron chi connectivity index (χ4n) is 2.68.